The molecule has 1 saturated heterocycles. The Morgan fingerprint density at radius 1 is 1.25 bits per heavy atom. The summed E-state index contributed by atoms with van der Waals surface area (Å²) in [6, 6.07) is 0.590. The maximum atomic E-state index is 11.6. The fourth-order valence-corrected chi connectivity index (χ4v) is 3.17. The average Bonchev–Trinajstić information content (AvgIpc) is 1.99. The van der Waals surface area contributed by atoms with E-state index in [9.17, 15) is 4.21 Å². The molecule has 0 aromatic rings. The molecule has 1 fully saturated rings. The van der Waals surface area contributed by atoms with E-state index < -0.39 is 10.8 Å². The molecule has 72 valence electrons. The third-order valence-electron chi connectivity index (χ3n) is 2.51. The van der Waals surface area contributed by atoms with Crippen LogP contribution < -0.4 is 0 Å². The second-order valence-electron chi connectivity index (χ2n) is 4.00. The monoisotopic (exact) mass is 189 g/mol. The highest BCUT2D eigenvalue weighted by Crippen LogP contribution is 2.16. The predicted octanol–water partition coefficient (Wildman–Crippen LogP) is 1.24. The summed E-state index contributed by atoms with van der Waals surface area (Å²) in [7, 11) is -0.609. The fourth-order valence-electron chi connectivity index (χ4n) is 1.70. The van der Waals surface area contributed by atoms with Gasteiger partial charge in [-0.1, -0.05) is 0 Å². The van der Waals surface area contributed by atoms with Gasteiger partial charge in [0.2, 0.25) is 0 Å². The summed E-state index contributed by atoms with van der Waals surface area (Å²) in [5.41, 5.74) is 0. The zero-order valence-electron chi connectivity index (χ0n) is 8.41. The molecule has 0 bridgehead atoms. The van der Waals surface area contributed by atoms with Gasteiger partial charge in [-0.05, 0) is 27.7 Å². The van der Waals surface area contributed by atoms with E-state index >= 15 is 0 Å². The van der Waals surface area contributed by atoms with Crippen molar-refractivity contribution in [2.45, 2.75) is 44.2 Å². The minimum atomic E-state index is -0.609. The summed E-state index contributed by atoms with van der Waals surface area (Å²) in [6.45, 7) is 10.6. The lowest BCUT2D eigenvalue weighted by molar-refractivity contribution is 0.216. The zero-order chi connectivity index (χ0) is 9.30. The summed E-state index contributed by atoms with van der Waals surface area (Å²) in [5, 5.41) is 0.687. The van der Waals surface area contributed by atoms with Crippen LogP contribution in [-0.4, -0.2) is 38.7 Å². The highest BCUT2D eigenvalue weighted by atomic mass is 32.2. The maximum Gasteiger partial charge on any atom is 0.0450 e. The van der Waals surface area contributed by atoms with Crippen molar-refractivity contribution in [3.63, 3.8) is 0 Å². The molecule has 2 nitrogen and oxygen atoms in total. The zero-order valence-corrected chi connectivity index (χ0v) is 9.23. The molecule has 1 heterocycles. The highest BCUT2D eigenvalue weighted by molar-refractivity contribution is 7.86. The van der Waals surface area contributed by atoms with E-state index in [-0.39, 0.29) is 0 Å². The van der Waals surface area contributed by atoms with E-state index in [0.717, 1.165) is 13.1 Å². The number of hydrogen-bond donors (Lipinski definition) is 0. The van der Waals surface area contributed by atoms with Crippen LogP contribution in [0.15, 0.2) is 0 Å². The van der Waals surface area contributed by atoms with Crippen LogP contribution in [0, 0.1) is 0 Å². The molecule has 0 spiro atoms. The molecular weight excluding hydrogens is 170 g/mol. The lowest BCUT2D eigenvalue weighted by Gasteiger charge is -2.36. The molecule has 1 aliphatic heterocycles. The molecule has 2 unspecified atom stereocenters. The molecule has 0 N–H and O–H groups in total. The Morgan fingerprint density at radius 3 is 2.00 bits per heavy atom. The molecular formula is C9H19NOS. The standard InChI is InChI=1S/C9H19NOS/c1-7(2)10-5-8(3)12(11)9(4)6-10/h7-9H,5-6H2,1-4H3. The largest absolute Gasteiger partial charge is 0.299 e. The van der Waals surface area contributed by atoms with E-state index in [1.54, 1.807) is 0 Å². The molecule has 12 heavy (non-hydrogen) atoms. The van der Waals surface area contributed by atoms with E-state index in [1.165, 1.54) is 0 Å². The quantitative estimate of drug-likeness (QED) is 0.618. The van der Waals surface area contributed by atoms with Crippen LogP contribution in [0.5, 0.6) is 0 Å². The smallest absolute Gasteiger partial charge is 0.0450 e. The summed E-state index contributed by atoms with van der Waals surface area (Å²) in [4.78, 5) is 2.41. The molecule has 2 atom stereocenters. The van der Waals surface area contributed by atoms with Crippen LogP contribution in [0.25, 0.3) is 0 Å². The van der Waals surface area contributed by atoms with Gasteiger partial charge in [0, 0.05) is 40.4 Å². The lowest BCUT2D eigenvalue weighted by Crippen LogP contribution is -2.49. The van der Waals surface area contributed by atoms with E-state index in [2.05, 4.69) is 32.6 Å². The van der Waals surface area contributed by atoms with Gasteiger partial charge in [-0.2, -0.15) is 0 Å². The normalized spacial score (nSPS) is 38.9. The Balaban J connectivity index is 2.59. The van der Waals surface area contributed by atoms with Crippen molar-refractivity contribution >= 4 is 10.8 Å². The van der Waals surface area contributed by atoms with Crippen molar-refractivity contribution in [2.24, 2.45) is 0 Å². The van der Waals surface area contributed by atoms with Crippen LogP contribution in [0.2, 0.25) is 0 Å². The van der Waals surface area contributed by atoms with Crippen molar-refractivity contribution in [3.8, 4) is 0 Å². The second kappa shape index (κ2) is 3.88. The highest BCUT2D eigenvalue weighted by Gasteiger charge is 2.29. The van der Waals surface area contributed by atoms with Gasteiger partial charge in [-0.15, -0.1) is 0 Å². The van der Waals surface area contributed by atoms with Crippen LogP contribution in [0.4, 0.5) is 0 Å². The van der Waals surface area contributed by atoms with Crippen LogP contribution in [0.3, 0.4) is 0 Å². The van der Waals surface area contributed by atoms with Crippen LogP contribution >= 0.6 is 0 Å². The Labute approximate surface area is 77.8 Å². The Hall–Kier alpha value is 0.110. The van der Waals surface area contributed by atoms with Gasteiger partial charge in [0.05, 0.1) is 0 Å². The number of rotatable bonds is 1. The first-order chi connectivity index (χ1) is 5.52. The topological polar surface area (TPSA) is 20.3 Å². The molecule has 1 rings (SSSR count). The third-order valence-corrected chi connectivity index (χ3v) is 4.39. The van der Waals surface area contributed by atoms with E-state index in [0.29, 0.717) is 16.5 Å². The van der Waals surface area contributed by atoms with Crippen molar-refractivity contribution in [1.82, 2.24) is 4.90 Å². The average molecular weight is 189 g/mol. The summed E-state index contributed by atoms with van der Waals surface area (Å²) in [5.74, 6) is 0. The molecule has 3 heteroatoms. The van der Waals surface area contributed by atoms with Crippen molar-refractivity contribution in [1.29, 1.82) is 0 Å². The van der Waals surface area contributed by atoms with Gasteiger partial charge >= 0.3 is 0 Å². The first kappa shape index (κ1) is 10.2. The fraction of sp³-hybridized carbons (Fsp3) is 1.00. The number of hydrogen-bond acceptors (Lipinski definition) is 2. The van der Waals surface area contributed by atoms with Gasteiger partial charge in [0.25, 0.3) is 0 Å². The molecule has 1 aliphatic rings. The maximum absolute atomic E-state index is 11.6. The first-order valence-electron chi connectivity index (χ1n) is 4.65. The molecule has 0 amide bonds. The van der Waals surface area contributed by atoms with Crippen molar-refractivity contribution < 1.29 is 4.21 Å². The lowest BCUT2D eigenvalue weighted by atomic mass is 10.2. The first-order valence-corrected chi connectivity index (χ1v) is 5.93. The van der Waals surface area contributed by atoms with Gasteiger partial charge in [-0.3, -0.25) is 9.11 Å². The van der Waals surface area contributed by atoms with Gasteiger partial charge in [0.1, 0.15) is 0 Å². The number of nitrogens with zero attached hydrogens (tertiary/aromatic N) is 1. The van der Waals surface area contributed by atoms with Gasteiger partial charge < -0.3 is 0 Å². The summed E-state index contributed by atoms with van der Waals surface area (Å²) in [6.07, 6.45) is 0. The Bertz CT molecular complexity index is 167. The Morgan fingerprint density at radius 2 is 1.67 bits per heavy atom. The van der Waals surface area contributed by atoms with Crippen LogP contribution in [0.1, 0.15) is 27.7 Å². The van der Waals surface area contributed by atoms with Gasteiger partial charge in [0.15, 0.2) is 0 Å². The van der Waals surface area contributed by atoms with Crippen molar-refractivity contribution in [2.75, 3.05) is 13.1 Å². The minimum absolute atomic E-state index is 0.344. The SMILES string of the molecule is CC(C)N1CC(C)S(=O)C(C)C1. The Kier molecular flexibility index (Phi) is 3.29. The van der Waals surface area contributed by atoms with E-state index in [1.807, 2.05) is 0 Å². The summed E-state index contributed by atoms with van der Waals surface area (Å²) >= 11 is 0. The van der Waals surface area contributed by atoms with Crippen molar-refractivity contribution in [3.05, 3.63) is 0 Å². The molecule has 0 aromatic heterocycles. The van der Waals surface area contributed by atoms with E-state index in [4.69, 9.17) is 0 Å². The van der Waals surface area contributed by atoms with Gasteiger partial charge in [-0.25, -0.2) is 0 Å². The second-order valence-corrected chi connectivity index (χ2v) is 6.26. The molecule has 0 saturated carbocycles. The third kappa shape index (κ3) is 2.07. The molecule has 0 aromatic carbocycles. The molecule has 0 aliphatic carbocycles. The minimum Gasteiger partial charge on any atom is -0.299 e. The predicted molar refractivity (Wildman–Crippen MR) is 53.8 cm³/mol. The summed E-state index contributed by atoms with van der Waals surface area (Å²) < 4.78 is 11.6. The van der Waals surface area contributed by atoms with Crippen LogP contribution in [-0.2, 0) is 10.8 Å². The molecule has 0 radical (unpaired) electrons.